The summed E-state index contributed by atoms with van der Waals surface area (Å²) >= 11 is 0. The third-order valence-electron chi connectivity index (χ3n) is 5.68. The van der Waals surface area contributed by atoms with Crippen LogP contribution < -0.4 is 14.4 Å². The average Bonchev–Trinajstić information content (AvgIpc) is 3.17. The lowest BCUT2D eigenvalue weighted by Crippen LogP contribution is -2.56. The van der Waals surface area contributed by atoms with Crippen LogP contribution in [0.2, 0.25) is 0 Å². The third kappa shape index (κ3) is 3.16. The second kappa shape index (κ2) is 7.31. The maximum absolute atomic E-state index is 12.0. The molecule has 148 valence electrons. The predicted octanol–water partition coefficient (Wildman–Crippen LogP) is 2.92. The van der Waals surface area contributed by atoms with Gasteiger partial charge in [-0.3, -0.25) is 9.78 Å². The maximum atomic E-state index is 12.0. The van der Waals surface area contributed by atoms with Gasteiger partial charge in [0.05, 0.1) is 11.8 Å². The van der Waals surface area contributed by atoms with Gasteiger partial charge < -0.3 is 24.6 Å². The van der Waals surface area contributed by atoms with Crippen LogP contribution in [0.3, 0.4) is 0 Å². The molecule has 2 N–H and O–H groups in total. The number of fused-ring (bicyclic) bond motifs is 1. The molecule has 28 heavy (non-hydrogen) atoms. The molecule has 0 spiro atoms. The third-order valence-corrected chi connectivity index (χ3v) is 5.68. The van der Waals surface area contributed by atoms with Crippen LogP contribution >= 0.6 is 0 Å². The zero-order valence-electron chi connectivity index (χ0n) is 15.8. The first-order valence-corrected chi connectivity index (χ1v) is 9.56. The van der Waals surface area contributed by atoms with Crippen molar-refractivity contribution >= 4 is 11.7 Å². The minimum atomic E-state index is -1.14. The maximum Gasteiger partial charge on any atom is 0.314 e. The lowest BCUT2D eigenvalue weighted by molar-refractivity contribution is -0.158. The van der Waals surface area contributed by atoms with Crippen LogP contribution in [-0.4, -0.2) is 47.2 Å². The number of ether oxygens (including phenoxy) is 2. The highest BCUT2D eigenvalue weighted by Gasteiger charge is 2.48. The van der Waals surface area contributed by atoms with Crippen molar-refractivity contribution < 1.29 is 24.5 Å². The normalized spacial score (nSPS) is 23.6. The van der Waals surface area contributed by atoms with E-state index in [9.17, 15) is 15.0 Å². The second-order valence-corrected chi connectivity index (χ2v) is 7.40. The predicted molar refractivity (Wildman–Crippen MR) is 104 cm³/mol. The van der Waals surface area contributed by atoms with E-state index in [4.69, 9.17) is 9.47 Å². The molecule has 3 heterocycles. The van der Waals surface area contributed by atoms with Crippen LogP contribution in [0.1, 0.15) is 26.2 Å². The fraction of sp³-hybridized carbons (Fsp3) is 0.429. The summed E-state index contributed by atoms with van der Waals surface area (Å²) in [5, 5.41) is 20.3. The summed E-state index contributed by atoms with van der Waals surface area (Å²) in [7, 11) is 0. The van der Waals surface area contributed by atoms with Crippen LogP contribution in [0.4, 0.5) is 5.69 Å². The van der Waals surface area contributed by atoms with Gasteiger partial charge in [-0.25, -0.2) is 0 Å². The summed E-state index contributed by atoms with van der Waals surface area (Å²) in [6, 6.07) is 9.52. The average molecular weight is 384 g/mol. The monoisotopic (exact) mass is 384 g/mol. The Balaban J connectivity index is 1.63. The Morgan fingerprint density at radius 2 is 2.11 bits per heavy atom. The molecule has 1 aromatic carbocycles. The first-order chi connectivity index (χ1) is 13.5. The lowest BCUT2D eigenvalue weighted by atomic mass is 9.74. The van der Waals surface area contributed by atoms with Crippen LogP contribution in [-0.2, 0) is 4.79 Å². The van der Waals surface area contributed by atoms with E-state index in [2.05, 4.69) is 4.98 Å². The van der Waals surface area contributed by atoms with Crippen LogP contribution in [0, 0.1) is 5.41 Å². The first-order valence-electron chi connectivity index (χ1n) is 9.56. The quantitative estimate of drug-likeness (QED) is 0.819. The molecular weight excluding hydrogens is 360 g/mol. The van der Waals surface area contributed by atoms with Crippen molar-refractivity contribution in [1.29, 1.82) is 0 Å². The van der Waals surface area contributed by atoms with Gasteiger partial charge in [-0.05, 0) is 43.2 Å². The highest BCUT2D eigenvalue weighted by Crippen LogP contribution is 2.39. The summed E-state index contributed by atoms with van der Waals surface area (Å²) in [6.45, 7) is 3.05. The summed E-state index contributed by atoms with van der Waals surface area (Å²) in [5.74, 6) is 0.478. The minimum absolute atomic E-state index is 0.219. The fourth-order valence-corrected chi connectivity index (χ4v) is 4.14. The Kier molecular flexibility index (Phi) is 4.85. The Bertz CT molecular complexity index is 887. The molecule has 0 aliphatic carbocycles. The molecule has 1 fully saturated rings. The molecule has 0 radical (unpaired) electrons. The van der Waals surface area contributed by atoms with E-state index in [-0.39, 0.29) is 13.3 Å². The topological polar surface area (TPSA) is 92.1 Å². The van der Waals surface area contributed by atoms with Gasteiger partial charge in [0.25, 0.3) is 0 Å². The summed E-state index contributed by atoms with van der Waals surface area (Å²) in [6.07, 6.45) is 2.46. The van der Waals surface area contributed by atoms with E-state index in [0.29, 0.717) is 31.6 Å². The highest BCUT2D eigenvalue weighted by molar-refractivity contribution is 5.77. The minimum Gasteiger partial charge on any atom is -0.481 e. The van der Waals surface area contributed by atoms with Gasteiger partial charge >= 0.3 is 5.97 Å². The largest absolute Gasteiger partial charge is 0.481 e. The van der Waals surface area contributed by atoms with Gasteiger partial charge in [0, 0.05) is 30.5 Å². The molecule has 1 aromatic heterocycles. The number of aliphatic carboxylic acids is 1. The van der Waals surface area contributed by atoms with Crippen LogP contribution in [0.15, 0.2) is 36.5 Å². The van der Waals surface area contributed by atoms with E-state index in [0.717, 1.165) is 22.7 Å². The van der Waals surface area contributed by atoms with Gasteiger partial charge in [0.15, 0.2) is 11.5 Å². The number of carboxylic acid groups (broad SMARTS) is 1. The molecule has 0 amide bonds. The summed E-state index contributed by atoms with van der Waals surface area (Å²) < 4.78 is 10.8. The van der Waals surface area contributed by atoms with Crippen molar-refractivity contribution in [2.24, 2.45) is 5.41 Å². The van der Waals surface area contributed by atoms with E-state index in [1.165, 1.54) is 0 Å². The Hall–Kier alpha value is -2.80. The number of carbonyl (C=O) groups is 1. The molecule has 1 saturated heterocycles. The highest BCUT2D eigenvalue weighted by atomic mass is 16.7. The van der Waals surface area contributed by atoms with Crippen molar-refractivity contribution in [1.82, 2.24) is 4.98 Å². The Morgan fingerprint density at radius 3 is 2.89 bits per heavy atom. The number of benzene rings is 1. The molecule has 4 rings (SSSR count). The van der Waals surface area contributed by atoms with Gasteiger partial charge in [-0.15, -0.1) is 0 Å². The summed E-state index contributed by atoms with van der Waals surface area (Å²) in [4.78, 5) is 18.5. The van der Waals surface area contributed by atoms with Crippen molar-refractivity contribution in [2.75, 3.05) is 24.8 Å². The van der Waals surface area contributed by atoms with Crippen molar-refractivity contribution in [3.8, 4) is 22.8 Å². The molecule has 7 nitrogen and oxygen atoms in total. The number of nitrogens with zero attached hydrogens (tertiary/aromatic N) is 2. The SMILES string of the molecule is CCC[C@@]1(C(=O)O)CN(c2ccnc(-c3ccc4c(c3)OCO4)c2)CC[C@H]1O. The number of hydrogen-bond donors (Lipinski definition) is 2. The van der Waals surface area contributed by atoms with Crippen molar-refractivity contribution in [2.45, 2.75) is 32.3 Å². The number of aliphatic hydroxyl groups excluding tert-OH is 1. The Labute approximate surface area is 163 Å². The molecule has 2 aliphatic heterocycles. The number of anilines is 1. The zero-order valence-corrected chi connectivity index (χ0v) is 15.8. The summed E-state index contributed by atoms with van der Waals surface area (Å²) in [5.41, 5.74) is 1.44. The van der Waals surface area contributed by atoms with E-state index in [1.54, 1.807) is 6.20 Å². The fourth-order valence-electron chi connectivity index (χ4n) is 4.14. The lowest BCUT2D eigenvalue weighted by Gasteiger charge is -2.44. The number of carboxylic acids is 1. The second-order valence-electron chi connectivity index (χ2n) is 7.40. The molecular formula is C21H24N2O5. The molecule has 7 heteroatoms. The van der Waals surface area contributed by atoms with Gasteiger partial charge in [-0.2, -0.15) is 0 Å². The number of rotatable bonds is 5. The molecule has 0 saturated carbocycles. The van der Waals surface area contributed by atoms with E-state index < -0.39 is 17.5 Å². The van der Waals surface area contributed by atoms with Crippen LogP contribution in [0.25, 0.3) is 11.3 Å². The number of piperidine rings is 1. The molecule has 0 bridgehead atoms. The number of pyridine rings is 1. The number of hydrogen-bond acceptors (Lipinski definition) is 6. The molecule has 2 atom stereocenters. The first kappa shape index (κ1) is 18.6. The van der Waals surface area contributed by atoms with E-state index in [1.807, 2.05) is 42.2 Å². The smallest absolute Gasteiger partial charge is 0.314 e. The molecule has 2 aromatic rings. The van der Waals surface area contributed by atoms with Crippen molar-refractivity contribution in [3.05, 3.63) is 36.5 Å². The van der Waals surface area contributed by atoms with Crippen LogP contribution in [0.5, 0.6) is 11.5 Å². The van der Waals surface area contributed by atoms with Gasteiger partial charge in [0.2, 0.25) is 6.79 Å². The number of aliphatic hydroxyl groups is 1. The molecule has 0 unspecified atom stereocenters. The zero-order chi connectivity index (χ0) is 19.7. The van der Waals surface area contributed by atoms with Crippen molar-refractivity contribution in [3.63, 3.8) is 0 Å². The van der Waals surface area contributed by atoms with Gasteiger partial charge in [0.1, 0.15) is 5.41 Å². The Morgan fingerprint density at radius 1 is 1.29 bits per heavy atom. The standard InChI is InChI=1S/C21H24N2O5/c1-2-7-21(20(25)26)12-23(9-6-19(21)24)15-5-8-22-16(11-15)14-3-4-17-18(10-14)28-13-27-17/h3-5,8,10-11,19,24H,2,6-7,9,12-13H2,1H3,(H,25,26)/t19-,21-/m1/s1. The molecule has 2 aliphatic rings. The number of aromatic nitrogens is 1. The van der Waals surface area contributed by atoms with E-state index >= 15 is 0 Å². The van der Waals surface area contributed by atoms with Gasteiger partial charge in [-0.1, -0.05) is 13.3 Å².